The number of alkyl halides is 3. The number of hydrogen-bond acceptors (Lipinski definition) is 3. The molecule has 0 bridgehead atoms. The highest BCUT2D eigenvalue weighted by Gasteiger charge is 2.31. The average molecular weight is 317 g/mol. The number of methoxy groups -OCH3 is 1. The van der Waals surface area contributed by atoms with Gasteiger partial charge in [-0.25, -0.2) is 0 Å². The maximum Gasteiger partial charge on any atom is 0.416 e. The second kappa shape index (κ2) is 5.73. The third kappa shape index (κ3) is 3.33. The van der Waals surface area contributed by atoms with Crippen molar-refractivity contribution in [2.24, 2.45) is 0 Å². The third-order valence-electron chi connectivity index (χ3n) is 2.85. The molecule has 0 aliphatic heterocycles. The zero-order valence-corrected chi connectivity index (χ0v) is 11.7. The molecule has 0 fully saturated rings. The molecule has 0 atom stereocenters. The van der Waals surface area contributed by atoms with Crippen LogP contribution in [0.15, 0.2) is 36.4 Å². The van der Waals surface area contributed by atoms with E-state index in [-0.39, 0.29) is 16.4 Å². The van der Waals surface area contributed by atoms with E-state index in [9.17, 15) is 13.2 Å². The summed E-state index contributed by atoms with van der Waals surface area (Å²) in [5.41, 5.74) is 5.88. The molecule has 3 N–H and O–H groups in total. The molecule has 112 valence electrons. The van der Waals surface area contributed by atoms with Crippen LogP contribution in [0.5, 0.6) is 5.75 Å². The molecule has 3 nitrogen and oxygen atoms in total. The van der Waals surface area contributed by atoms with Crippen LogP contribution in [-0.4, -0.2) is 7.11 Å². The van der Waals surface area contributed by atoms with Crippen LogP contribution < -0.4 is 15.8 Å². The second-order valence-electron chi connectivity index (χ2n) is 4.24. The summed E-state index contributed by atoms with van der Waals surface area (Å²) in [6, 6.07) is 7.97. The highest BCUT2D eigenvalue weighted by molar-refractivity contribution is 6.33. The molecular weight excluding hydrogens is 305 g/mol. The summed E-state index contributed by atoms with van der Waals surface area (Å²) in [5.74, 6) is 0.420. The van der Waals surface area contributed by atoms with Gasteiger partial charge in [-0.3, -0.25) is 0 Å². The number of halogens is 4. The number of anilines is 3. The lowest BCUT2D eigenvalue weighted by Gasteiger charge is -2.15. The minimum Gasteiger partial charge on any atom is -0.495 e. The van der Waals surface area contributed by atoms with E-state index < -0.39 is 11.7 Å². The minimum absolute atomic E-state index is 0.117. The normalized spacial score (nSPS) is 11.3. The molecule has 2 aromatic carbocycles. The Morgan fingerprint density at radius 3 is 2.48 bits per heavy atom. The van der Waals surface area contributed by atoms with Crippen LogP contribution in [0.3, 0.4) is 0 Å². The summed E-state index contributed by atoms with van der Waals surface area (Å²) in [6.07, 6.45) is -4.44. The molecule has 7 heteroatoms. The van der Waals surface area contributed by atoms with Crippen molar-refractivity contribution in [1.82, 2.24) is 0 Å². The molecule has 2 rings (SSSR count). The van der Waals surface area contributed by atoms with Crippen LogP contribution in [-0.2, 0) is 6.18 Å². The van der Waals surface area contributed by atoms with Crippen LogP contribution in [0.2, 0.25) is 5.02 Å². The topological polar surface area (TPSA) is 47.3 Å². The van der Waals surface area contributed by atoms with Crippen molar-refractivity contribution in [3.05, 3.63) is 47.0 Å². The van der Waals surface area contributed by atoms with E-state index >= 15 is 0 Å². The van der Waals surface area contributed by atoms with E-state index in [4.69, 9.17) is 22.1 Å². The molecule has 0 aliphatic carbocycles. The van der Waals surface area contributed by atoms with Crippen molar-refractivity contribution in [3.63, 3.8) is 0 Å². The van der Waals surface area contributed by atoms with E-state index in [0.717, 1.165) is 12.1 Å². The maximum atomic E-state index is 12.7. The number of hydrogen-bond donors (Lipinski definition) is 2. The number of nitrogens with two attached hydrogens (primary N) is 1. The van der Waals surface area contributed by atoms with Gasteiger partial charge in [0.2, 0.25) is 0 Å². The van der Waals surface area contributed by atoms with Crippen molar-refractivity contribution in [1.29, 1.82) is 0 Å². The highest BCUT2D eigenvalue weighted by Crippen LogP contribution is 2.37. The zero-order valence-electron chi connectivity index (χ0n) is 11.0. The first kappa shape index (κ1) is 15.3. The van der Waals surface area contributed by atoms with E-state index in [1.54, 1.807) is 18.2 Å². The van der Waals surface area contributed by atoms with E-state index in [0.29, 0.717) is 11.4 Å². The Kier molecular flexibility index (Phi) is 4.18. The van der Waals surface area contributed by atoms with Gasteiger partial charge in [0.05, 0.1) is 34.8 Å². The number of rotatable bonds is 3. The summed E-state index contributed by atoms with van der Waals surface area (Å²) < 4.78 is 43.2. The van der Waals surface area contributed by atoms with Crippen LogP contribution >= 0.6 is 11.6 Å². The quantitative estimate of drug-likeness (QED) is 0.807. The Labute approximate surface area is 124 Å². The molecule has 0 aromatic heterocycles. The summed E-state index contributed by atoms with van der Waals surface area (Å²) in [4.78, 5) is 0. The highest BCUT2D eigenvalue weighted by atomic mass is 35.5. The van der Waals surface area contributed by atoms with Crippen molar-refractivity contribution >= 4 is 28.7 Å². The van der Waals surface area contributed by atoms with Gasteiger partial charge in [-0.1, -0.05) is 17.7 Å². The largest absolute Gasteiger partial charge is 0.495 e. The second-order valence-corrected chi connectivity index (χ2v) is 4.65. The van der Waals surface area contributed by atoms with Gasteiger partial charge in [0, 0.05) is 0 Å². The Hall–Kier alpha value is -2.08. The smallest absolute Gasteiger partial charge is 0.416 e. The summed E-state index contributed by atoms with van der Waals surface area (Å²) in [6.45, 7) is 0. The molecule has 0 spiro atoms. The number of ether oxygens (including phenoxy) is 1. The van der Waals surface area contributed by atoms with Crippen molar-refractivity contribution in [3.8, 4) is 5.75 Å². The molecule has 21 heavy (non-hydrogen) atoms. The lowest BCUT2D eigenvalue weighted by atomic mass is 10.1. The SMILES string of the molecule is COc1cccc(Nc2cc(C(F)(F)F)ccc2Cl)c1N. The summed E-state index contributed by atoms with van der Waals surface area (Å²) in [5, 5.41) is 2.95. The predicted octanol–water partition coefficient (Wildman–Crippen LogP) is 4.69. The van der Waals surface area contributed by atoms with Gasteiger partial charge in [0.15, 0.2) is 0 Å². The monoisotopic (exact) mass is 316 g/mol. The molecule has 2 aromatic rings. The fourth-order valence-corrected chi connectivity index (χ4v) is 1.94. The maximum absolute atomic E-state index is 12.7. The van der Waals surface area contributed by atoms with Crippen molar-refractivity contribution in [2.75, 3.05) is 18.2 Å². The first-order chi connectivity index (χ1) is 9.82. The van der Waals surface area contributed by atoms with Crippen molar-refractivity contribution < 1.29 is 17.9 Å². The molecule has 0 amide bonds. The lowest BCUT2D eigenvalue weighted by molar-refractivity contribution is -0.137. The van der Waals surface area contributed by atoms with Gasteiger partial charge >= 0.3 is 6.18 Å². The Morgan fingerprint density at radius 2 is 1.86 bits per heavy atom. The number of nitrogens with one attached hydrogen (secondary N) is 1. The number of nitrogen functional groups attached to an aromatic ring is 1. The molecule has 0 aliphatic rings. The molecule has 0 heterocycles. The first-order valence-corrected chi connectivity index (χ1v) is 6.27. The van der Waals surface area contributed by atoms with E-state index in [1.165, 1.54) is 13.2 Å². The van der Waals surface area contributed by atoms with Crippen LogP contribution in [0.1, 0.15) is 5.56 Å². The molecular formula is C14H12ClF3N2O. The van der Waals surface area contributed by atoms with Crippen LogP contribution in [0.4, 0.5) is 30.2 Å². The van der Waals surface area contributed by atoms with Crippen molar-refractivity contribution in [2.45, 2.75) is 6.18 Å². The molecule has 0 saturated carbocycles. The van der Waals surface area contributed by atoms with Gasteiger partial charge in [-0.2, -0.15) is 13.2 Å². The fraction of sp³-hybridized carbons (Fsp3) is 0.143. The lowest BCUT2D eigenvalue weighted by Crippen LogP contribution is -2.06. The zero-order chi connectivity index (χ0) is 15.6. The van der Waals surface area contributed by atoms with Gasteiger partial charge in [0.25, 0.3) is 0 Å². The average Bonchev–Trinajstić information content (AvgIpc) is 2.42. The van der Waals surface area contributed by atoms with Crippen LogP contribution in [0, 0.1) is 0 Å². The standard InChI is InChI=1S/C14H12ClF3N2O/c1-21-12-4-2-3-10(13(12)19)20-11-7-8(14(16,17)18)5-6-9(11)15/h2-7,20H,19H2,1H3. The third-order valence-corrected chi connectivity index (χ3v) is 3.18. The molecule has 0 unspecified atom stereocenters. The summed E-state index contributed by atoms with van der Waals surface area (Å²) in [7, 11) is 1.45. The van der Waals surface area contributed by atoms with Gasteiger partial charge in [-0.05, 0) is 30.3 Å². The predicted molar refractivity (Wildman–Crippen MR) is 77.1 cm³/mol. The van der Waals surface area contributed by atoms with Gasteiger partial charge in [-0.15, -0.1) is 0 Å². The number of benzene rings is 2. The minimum atomic E-state index is -4.44. The first-order valence-electron chi connectivity index (χ1n) is 5.89. The summed E-state index contributed by atoms with van der Waals surface area (Å²) >= 11 is 5.92. The number of para-hydroxylation sites is 1. The Bertz CT molecular complexity index is 659. The fourth-order valence-electron chi connectivity index (χ4n) is 1.77. The van der Waals surface area contributed by atoms with Crippen LogP contribution in [0.25, 0.3) is 0 Å². The van der Waals surface area contributed by atoms with E-state index in [1.807, 2.05) is 0 Å². The Morgan fingerprint density at radius 1 is 1.14 bits per heavy atom. The molecule has 0 radical (unpaired) electrons. The molecule has 0 saturated heterocycles. The van der Waals surface area contributed by atoms with Gasteiger partial charge < -0.3 is 15.8 Å². The Balaban J connectivity index is 2.40. The van der Waals surface area contributed by atoms with Gasteiger partial charge in [0.1, 0.15) is 5.75 Å². The van der Waals surface area contributed by atoms with E-state index in [2.05, 4.69) is 5.32 Å².